The molecule has 0 bridgehead atoms. The van der Waals surface area contributed by atoms with Gasteiger partial charge < -0.3 is 24.0 Å². The highest BCUT2D eigenvalue weighted by molar-refractivity contribution is 7.47. The summed E-state index contributed by atoms with van der Waals surface area (Å²) in [6.07, 6.45) is 36.5. The van der Waals surface area contributed by atoms with Crippen molar-refractivity contribution in [2.45, 2.75) is 200 Å². The van der Waals surface area contributed by atoms with Gasteiger partial charge in [-0.05, 0) is 12.8 Å². The number of quaternary nitrogens is 1. The fourth-order valence-electron chi connectivity index (χ4n) is 6.30. The number of ether oxygens (including phenoxy) is 2. The van der Waals surface area contributed by atoms with Crippen molar-refractivity contribution in [2.75, 3.05) is 66.8 Å². The van der Waals surface area contributed by atoms with Crippen LogP contribution in [-0.4, -0.2) is 87.4 Å². The number of rotatable bonds is 42. The molecule has 50 heavy (non-hydrogen) atoms. The van der Waals surface area contributed by atoms with E-state index in [2.05, 4.69) is 13.8 Å². The van der Waals surface area contributed by atoms with Crippen molar-refractivity contribution in [2.24, 2.45) is 0 Å². The minimum atomic E-state index is -4.21. The molecule has 0 fully saturated rings. The molecule has 8 nitrogen and oxygen atoms in total. The molecule has 0 aromatic carbocycles. The third kappa shape index (κ3) is 37.7. The second-order valence-corrected chi connectivity index (χ2v) is 16.9. The monoisotopic (exact) mass is 737 g/mol. The molecule has 0 aliphatic heterocycles. The predicted molar refractivity (Wildman–Crippen MR) is 212 cm³/mol. The largest absolute Gasteiger partial charge is 0.472 e. The Morgan fingerprint density at radius 2 is 0.880 bits per heavy atom. The molecule has 0 spiro atoms. The Balaban J connectivity index is 4.19. The van der Waals surface area contributed by atoms with E-state index < -0.39 is 13.9 Å². The number of hydrogen-bond acceptors (Lipinski definition) is 6. The van der Waals surface area contributed by atoms with E-state index in [0.717, 1.165) is 19.3 Å². The lowest BCUT2D eigenvalue weighted by atomic mass is 10.0. The molecule has 302 valence electrons. The van der Waals surface area contributed by atoms with Crippen LogP contribution in [-0.2, 0) is 23.1 Å². The zero-order valence-corrected chi connectivity index (χ0v) is 34.8. The summed E-state index contributed by atoms with van der Waals surface area (Å²) in [6.45, 7) is 7.28. The first-order valence-electron chi connectivity index (χ1n) is 21.5. The maximum Gasteiger partial charge on any atom is 0.472 e. The van der Waals surface area contributed by atoms with Crippen LogP contribution in [0.2, 0.25) is 0 Å². The first-order valence-corrected chi connectivity index (χ1v) is 23.0. The van der Waals surface area contributed by atoms with Crippen LogP contribution in [0, 0.1) is 0 Å². The molecule has 0 heterocycles. The number of likely N-dealkylation sites (N-methyl/N-ethyl adjacent to an activating group) is 1. The van der Waals surface area contributed by atoms with Crippen LogP contribution >= 0.6 is 7.82 Å². The molecule has 0 aromatic rings. The summed E-state index contributed by atoms with van der Waals surface area (Å²) in [7, 11) is -0.323. The van der Waals surface area contributed by atoms with Crippen molar-refractivity contribution in [1.29, 1.82) is 0 Å². The number of aliphatic hydroxyl groups is 1. The van der Waals surface area contributed by atoms with E-state index in [1.54, 1.807) is 0 Å². The molecule has 0 rings (SSSR count). The van der Waals surface area contributed by atoms with E-state index in [-0.39, 0.29) is 19.8 Å². The lowest BCUT2D eigenvalue weighted by Gasteiger charge is -2.29. The van der Waals surface area contributed by atoms with Crippen molar-refractivity contribution in [3.63, 3.8) is 0 Å². The van der Waals surface area contributed by atoms with E-state index in [0.29, 0.717) is 37.4 Å². The lowest BCUT2D eigenvalue weighted by Crippen LogP contribution is -2.44. The van der Waals surface area contributed by atoms with Crippen LogP contribution in [0.1, 0.15) is 194 Å². The zero-order valence-electron chi connectivity index (χ0n) is 33.9. The summed E-state index contributed by atoms with van der Waals surface area (Å²) in [5.74, 6) is 0. The van der Waals surface area contributed by atoms with Gasteiger partial charge in [-0.2, -0.15) is 0 Å². The fourth-order valence-corrected chi connectivity index (χ4v) is 7.05. The summed E-state index contributed by atoms with van der Waals surface area (Å²) in [4.78, 5) is 10.3. The highest BCUT2D eigenvalue weighted by Gasteiger charge is 2.25. The second kappa shape index (κ2) is 37.3. The molecule has 0 aliphatic rings. The highest BCUT2D eigenvalue weighted by Crippen LogP contribution is 2.43. The summed E-state index contributed by atoms with van der Waals surface area (Å²) in [5.41, 5.74) is 0. The van der Waals surface area contributed by atoms with Crippen LogP contribution in [0.3, 0.4) is 0 Å². The van der Waals surface area contributed by atoms with Crippen molar-refractivity contribution < 1.29 is 37.6 Å². The van der Waals surface area contributed by atoms with Gasteiger partial charge in [0.05, 0.1) is 33.9 Å². The first kappa shape index (κ1) is 49.9. The van der Waals surface area contributed by atoms with Gasteiger partial charge in [0, 0.05) is 13.2 Å². The Labute approximate surface area is 311 Å². The highest BCUT2D eigenvalue weighted by atomic mass is 31.2. The Kier molecular flexibility index (Phi) is 37.2. The number of aliphatic hydroxyl groups excluding tert-OH is 1. The van der Waals surface area contributed by atoms with E-state index in [1.165, 1.54) is 161 Å². The predicted octanol–water partition coefficient (Wildman–Crippen LogP) is 11.6. The molecule has 0 aliphatic carbocycles. The number of nitrogens with zero attached hydrogens (tertiary/aromatic N) is 1. The van der Waals surface area contributed by atoms with Gasteiger partial charge >= 0.3 is 7.82 Å². The molecular weight excluding hydrogens is 649 g/mol. The Hall–Kier alpha value is -0.0500. The summed E-state index contributed by atoms with van der Waals surface area (Å²) in [5, 5.41) is 9.21. The zero-order chi connectivity index (χ0) is 36.9. The van der Waals surface area contributed by atoms with Crippen LogP contribution in [0.25, 0.3) is 0 Å². The standard InChI is InChI=1S/C41H86NO7P/c1-5-7-9-11-13-15-17-19-21-23-25-27-29-31-36-46-39-41(40-49-50(44,45)48-38-34-42(3,4)33-35-43)47-37-32-30-28-26-24-22-20-18-16-14-12-10-8-6-2/h41,43H,5-40H2,1-4H3/p+1/t41-/m1/s1. The van der Waals surface area contributed by atoms with Gasteiger partial charge in [0.1, 0.15) is 25.8 Å². The van der Waals surface area contributed by atoms with Crippen LogP contribution in [0.5, 0.6) is 0 Å². The molecule has 0 saturated carbocycles. The average Bonchev–Trinajstić information content (AvgIpc) is 3.08. The molecule has 0 radical (unpaired) electrons. The summed E-state index contributed by atoms with van der Waals surface area (Å²) in [6, 6.07) is 0. The van der Waals surface area contributed by atoms with Gasteiger partial charge in [-0.15, -0.1) is 0 Å². The molecule has 9 heteroatoms. The van der Waals surface area contributed by atoms with Crippen LogP contribution in [0.15, 0.2) is 0 Å². The van der Waals surface area contributed by atoms with Gasteiger partial charge in [-0.25, -0.2) is 4.57 Å². The fraction of sp³-hybridized carbons (Fsp3) is 1.00. The number of hydrogen-bond donors (Lipinski definition) is 2. The van der Waals surface area contributed by atoms with E-state index in [9.17, 15) is 14.6 Å². The van der Waals surface area contributed by atoms with Crippen molar-refractivity contribution in [3.05, 3.63) is 0 Å². The van der Waals surface area contributed by atoms with Gasteiger partial charge in [0.15, 0.2) is 0 Å². The topological polar surface area (TPSA) is 94.5 Å². The maximum absolute atomic E-state index is 12.6. The third-order valence-corrected chi connectivity index (χ3v) is 10.9. The van der Waals surface area contributed by atoms with Gasteiger partial charge in [-0.1, -0.05) is 181 Å². The molecule has 0 saturated heterocycles. The molecule has 2 atom stereocenters. The molecule has 1 unspecified atom stereocenters. The maximum atomic E-state index is 12.6. The smallest absolute Gasteiger partial charge is 0.391 e. The Morgan fingerprint density at radius 3 is 1.28 bits per heavy atom. The lowest BCUT2D eigenvalue weighted by molar-refractivity contribution is -0.890. The first-order chi connectivity index (χ1) is 24.3. The average molecular weight is 737 g/mol. The Bertz CT molecular complexity index is 727. The SMILES string of the molecule is CCCCCCCCCCCCCCCCOC[C@H](COP(=O)(O)OCC[N+](C)(C)CCO)OCCCCCCCCCCCCCCCC. The minimum absolute atomic E-state index is 0.0417. The van der Waals surface area contributed by atoms with Crippen molar-refractivity contribution >= 4 is 7.82 Å². The molecular formula is C41H87NO7P+. The Morgan fingerprint density at radius 1 is 0.500 bits per heavy atom. The molecule has 0 aromatic heterocycles. The van der Waals surface area contributed by atoms with E-state index >= 15 is 0 Å². The van der Waals surface area contributed by atoms with Gasteiger partial charge in [0.2, 0.25) is 0 Å². The van der Waals surface area contributed by atoms with Crippen molar-refractivity contribution in [1.82, 2.24) is 0 Å². The van der Waals surface area contributed by atoms with Gasteiger partial charge in [-0.3, -0.25) is 9.05 Å². The third-order valence-electron chi connectivity index (χ3n) is 9.88. The molecule has 0 amide bonds. The van der Waals surface area contributed by atoms with Crippen LogP contribution < -0.4 is 0 Å². The van der Waals surface area contributed by atoms with Crippen LogP contribution in [0.4, 0.5) is 0 Å². The minimum Gasteiger partial charge on any atom is -0.391 e. The van der Waals surface area contributed by atoms with E-state index in [4.69, 9.17) is 18.5 Å². The van der Waals surface area contributed by atoms with Crippen molar-refractivity contribution in [3.8, 4) is 0 Å². The summed E-state index contributed by atoms with van der Waals surface area (Å²) < 4.78 is 35.7. The number of unbranched alkanes of at least 4 members (excludes halogenated alkanes) is 26. The quantitative estimate of drug-likeness (QED) is 0.0366. The summed E-state index contributed by atoms with van der Waals surface area (Å²) >= 11 is 0. The second-order valence-electron chi connectivity index (χ2n) is 15.5. The number of phosphoric acid groups is 1. The normalized spacial score (nSPS) is 14.0. The molecule has 2 N–H and O–H groups in total. The van der Waals surface area contributed by atoms with Gasteiger partial charge in [0.25, 0.3) is 0 Å². The van der Waals surface area contributed by atoms with E-state index in [1.807, 2.05) is 14.1 Å². The number of phosphoric ester groups is 1.